The Hall–Kier alpha value is -1.51. The van der Waals surface area contributed by atoms with Gasteiger partial charge in [0.15, 0.2) is 0 Å². The maximum atomic E-state index is 5.96. The lowest BCUT2D eigenvalue weighted by Crippen LogP contribution is -2.24. The SMILES string of the molecule is CCC(N[C@@H](C)c1ccccc1OC)c1ccc(Cl)cc1. The Morgan fingerprint density at radius 3 is 2.38 bits per heavy atom. The van der Waals surface area contributed by atoms with Crippen LogP contribution in [0.2, 0.25) is 5.02 Å². The molecule has 112 valence electrons. The molecule has 2 rings (SSSR count). The standard InChI is InChI=1S/C18H22ClNO/c1-4-17(14-9-11-15(19)12-10-14)20-13(2)16-7-5-6-8-18(16)21-3/h5-13,17,20H,4H2,1-3H3/t13-,17?/m0/s1. The molecule has 0 heterocycles. The molecule has 0 aromatic heterocycles. The molecule has 2 aromatic carbocycles. The lowest BCUT2D eigenvalue weighted by molar-refractivity contribution is 0.392. The van der Waals surface area contributed by atoms with Gasteiger partial charge in [-0.2, -0.15) is 0 Å². The maximum Gasteiger partial charge on any atom is 0.123 e. The van der Waals surface area contributed by atoms with Crippen molar-refractivity contribution in [2.75, 3.05) is 7.11 Å². The molecule has 0 fully saturated rings. The highest BCUT2D eigenvalue weighted by Crippen LogP contribution is 2.28. The van der Waals surface area contributed by atoms with Gasteiger partial charge in [-0.05, 0) is 37.1 Å². The van der Waals surface area contributed by atoms with Crippen LogP contribution < -0.4 is 10.1 Å². The lowest BCUT2D eigenvalue weighted by atomic mass is 10.0. The van der Waals surface area contributed by atoms with Crippen LogP contribution in [0.15, 0.2) is 48.5 Å². The number of rotatable bonds is 6. The number of hydrogen-bond acceptors (Lipinski definition) is 2. The Labute approximate surface area is 132 Å². The molecule has 0 amide bonds. The van der Waals surface area contributed by atoms with E-state index in [-0.39, 0.29) is 6.04 Å². The molecule has 0 saturated carbocycles. The first-order valence-corrected chi connectivity index (χ1v) is 7.68. The Morgan fingerprint density at radius 1 is 1.10 bits per heavy atom. The van der Waals surface area contributed by atoms with Gasteiger partial charge in [0.1, 0.15) is 5.75 Å². The van der Waals surface area contributed by atoms with Gasteiger partial charge in [-0.25, -0.2) is 0 Å². The van der Waals surface area contributed by atoms with Crippen LogP contribution in [0.1, 0.15) is 43.5 Å². The number of para-hydroxylation sites is 1. The second kappa shape index (κ2) is 7.48. The van der Waals surface area contributed by atoms with E-state index in [4.69, 9.17) is 16.3 Å². The molecule has 0 saturated heterocycles. The van der Waals surface area contributed by atoms with Crippen LogP contribution in [0.4, 0.5) is 0 Å². The highest BCUT2D eigenvalue weighted by molar-refractivity contribution is 6.30. The summed E-state index contributed by atoms with van der Waals surface area (Å²) in [6.07, 6.45) is 1.02. The zero-order valence-electron chi connectivity index (χ0n) is 12.8. The maximum absolute atomic E-state index is 5.96. The quantitative estimate of drug-likeness (QED) is 0.796. The molecule has 0 aliphatic heterocycles. The second-order valence-corrected chi connectivity index (χ2v) is 5.58. The predicted molar refractivity (Wildman–Crippen MR) is 89.0 cm³/mol. The van der Waals surface area contributed by atoms with Crippen LogP contribution in [0.3, 0.4) is 0 Å². The number of methoxy groups -OCH3 is 1. The molecule has 2 atom stereocenters. The molecule has 0 bridgehead atoms. The summed E-state index contributed by atoms with van der Waals surface area (Å²) in [4.78, 5) is 0. The van der Waals surface area contributed by atoms with E-state index in [1.165, 1.54) is 11.1 Å². The zero-order chi connectivity index (χ0) is 15.2. The van der Waals surface area contributed by atoms with Crippen LogP contribution in [0, 0.1) is 0 Å². The molecule has 0 aliphatic rings. The van der Waals surface area contributed by atoms with Crippen molar-refractivity contribution in [3.63, 3.8) is 0 Å². The number of ether oxygens (including phenoxy) is 1. The van der Waals surface area contributed by atoms with Crippen LogP contribution in [-0.2, 0) is 0 Å². The summed E-state index contributed by atoms with van der Waals surface area (Å²) in [6.45, 7) is 4.34. The van der Waals surface area contributed by atoms with Gasteiger partial charge in [-0.3, -0.25) is 0 Å². The largest absolute Gasteiger partial charge is 0.496 e. The van der Waals surface area contributed by atoms with Gasteiger partial charge in [0.05, 0.1) is 7.11 Å². The van der Waals surface area contributed by atoms with E-state index in [0.717, 1.165) is 17.2 Å². The van der Waals surface area contributed by atoms with Crippen molar-refractivity contribution in [1.29, 1.82) is 0 Å². The van der Waals surface area contributed by atoms with Crippen molar-refractivity contribution in [2.24, 2.45) is 0 Å². The summed E-state index contributed by atoms with van der Waals surface area (Å²) in [5, 5.41) is 4.44. The first-order chi connectivity index (χ1) is 10.2. The summed E-state index contributed by atoms with van der Waals surface area (Å²) in [5.41, 5.74) is 2.43. The fourth-order valence-corrected chi connectivity index (χ4v) is 2.69. The molecule has 0 spiro atoms. The number of nitrogens with one attached hydrogen (secondary N) is 1. The Bertz CT molecular complexity index is 568. The molecule has 1 N–H and O–H groups in total. The fraction of sp³-hybridized carbons (Fsp3) is 0.333. The predicted octanol–water partition coefficient (Wildman–Crippen LogP) is 5.15. The van der Waals surface area contributed by atoms with Crippen molar-refractivity contribution in [1.82, 2.24) is 5.32 Å². The number of hydrogen-bond donors (Lipinski definition) is 1. The van der Waals surface area contributed by atoms with Crippen molar-refractivity contribution < 1.29 is 4.74 Å². The molecule has 3 heteroatoms. The second-order valence-electron chi connectivity index (χ2n) is 5.14. The summed E-state index contributed by atoms with van der Waals surface area (Å²) < 4.78 is 5.45. The summed E-state index contributed by atoms with van der Waals surface area (Å²) in [5.74, 6) is 0.920. The summed E-state index contributed by atoms with van der Waals surface area (Å²) >= 11 is 5.96. The first-order valence-electron chi connectivity index (χ1n) is 7.30. The fourth-order valence-electron chi connectivity index (χ4n) is 2.56. The van der Waals surface area contributed by atoms with Gasteiger partial charge in [0.2, 0.25) is 0 Å². The van der Waals surface area contributed by atoms with Gasteiger partial charge in [0, 0.05) is 22.7 Å². The van der Waals surface area contributed by atoms with Crippen molar-refractivity contribution in [3.8, 4) is 5.75 Å². The Kier molecular flexibility index (Phi) is 5.66. The van der Waals surface area contributed by atoms with Crippen LogP contribution in [0.25, 0.3) is 0 Å². The molecule has 21 heavy (non-hydrogen) atoms. The summed E-state index contributed by atoms with van der Waals surface area (Å²) in [6, 6.07) is 16.7. The minimum absolute atomic E-state index is 0.210. The third kappa shape index (κ3) is 3.99. The highest BCUT2D eigenvalue weighted by Gasteiger charge is 2.16. The monoisotopic (exact) mass is 303 g/mol. The van der Waals surface area contributed by atoms with Gasteiger partial charge in [-0.1, -0.05) is 48.9 Å². The topological polar surface area (TPSA) is 21.3 Å². The molecular weight excluding hydrogens is 282 g/mol. The molecule has 2 aromatic rings. The third-order valence-corrected chi connectivity index (χ3v) is 3.99. The minimum atomic E-state index is 0.210. The van der Waals surface area contributed by atoms with Gasteiger partial charge < -0.3 is 10.1 Å². The molecule has 0 radical (unpaired) electrons. The Balaban J connectivity index is 2.16. The van der Waals surface area contributed by atoms with Crippen molar-refractivity contribution in [3.05, 3.63) is 64.7 Å². The van der Waals surface area contributed by atoms with Crippen molar-refractivity contribution >= 4 is 11.6 Å². The summed E-state index contributed by atoms with van der Waals surface area (Å²) in [7, 11) is 1.71. The van der Waals surface area contributed by atoms with Gasteiger partial charge >= 0.3 is 0 Å². The zero-order valence-corrected chi connectivity index (χ0v) is 13.5. The number of halogens is 1. The van der Waals surface area contributed by atoms with E-state index < -0.39 is 0 Å². The lowest BCUT2D eigenvalue weighted by Gasteiger charge is -2.24. The smallest absolute Gasteiger partial charge is 0.123 e. The Morgan fingerprint density at radius 2 is 1.76 bits per heavy atom. The average Bonchev–Trinajstić information content (AvgIpc) is 2.53. The van der Waals surface area contributed by atoms with E-state index in [0.29, 0.717) is 6.04 Å². The molecular formula is C18H22ClNO. The van der Waals surface area contributed by atoms with Gasteiger partial charge in [-0.15, -0.1) is 0 Å². The molecule has 0 aliphatic carbocycles. The third-order valence-electron chi connectivity index (χ3n) is 3.74. The normalized spacial score (nSPS) is 13.7. The first kappa shape index (κ1) is 15.9. The minimum Gasteiger partial charge on any atom is -0.496 e. The van der Waals surface area contributed by atoms with E-state index >= 15 is 0 Å². The molecule has 1 unspecified atom stereocenters. The van der Waals surface area contributed by atoms with E-state index in [2.05, 4.69) is 37.4 Å². The van der Waals surface area contributed by atoms with E-state index in [9.17, 15) is 0 Å². The van der Waals surface area contributed by atoms with Crippen LogP contribution in [0.5, 0.6) is 5.75 Å². The number of benzene rings is 2. The van der Waals surface area contributed by atoms with Crippen LogP contribution >= 0.6 is 11.6 Å². The van der Waals surface area contributed by atoms with E-state index in [1.54, 1.807) is 7.11 Å². The van der Waals surface area contributed by atoms with Crippen LogP contribution in [-0.4, -0.2) is 7.11 Å². The van der Waals surface area contributed by atoms with Gasteiger partial charge in [0.25, 0.3) is 0 Å². The van der Waals surface area contributed by atoms with Crippen molar-refractivity contribution in [2.45, 2.75) is 32.4 Å². The van der Waals surface area contributed by atoms with E-state index in [1.807, 2.05) is 30.3 Å². The average molecular weight is 304 g/mol. The molecule has 2 nitrogen and oxygen atoms in total. The highest BCUT2D eigenvalue weighted by atomic mass is 35.5.